The van der Waals surface area contributed by atoms with E-state index in [0.29, 0.717) is 25.3 Å². The number of hydrogen-bond acceptors (Lipinski definition) is 6. The zero-order valence-electron chi connectivity index (χ0n) is 22.3. The maximum Gasteiger partial charge on any atom is 0.335 e. The fourth-order valence-electron chi connectivity index (χ4n) is 4.82. The van der Waals surface area contributed by atoms with Gasteiger partial charge in [-0.25, -0.2) is 23.5 Å². The Morgan fingerprint density at radius 3 is 2.55 bits per heavy atom. The molecule has 0 amide bonds. The van der Waals surface area contributed by atoms with Gasteiger partial charge >= 0.3 is 5.97 Å². The van der Waals surface area contributed by atoms with Crippen molar-refractivity contribution in [1.29, 1.82) is 5.26 Å². The Morgan fingerprint density at radius 2 is 1.86 bits per heavy atom. The van der Waals surface area contributed by atoms with Crippen LogP contribution >= 0.6 is 0 Å². The molecule has 10 heteroatoms. The van der Waals surface area contributed by atoms with Crippen molar-refractivity contribution in [3.8, 4) is 23.2 Å². The van der Waals surface area contributed by atoms with Crippen LogP contribution in [-0.2, 0) is 24.3 Å². The van der Waals surface area contributed by atoms with Crippen LogP contribution in [0.25, 0.3) is 22.3 Å². The number of carboxylic acids is 1. The summed E-state index contributed by atoms with van der Waals surface area (Å²) in [5.74, 6) is -1.75. The SMILES string of the molecule is N#Cc1ccc(COc2nc(-c3ccc(Cc4nc5ccc(C(=O)O)cc5n4C[C@@H]4CCO4)cc3)ccc2F)c(F)c1. The van der Waals surface area contributed by atoms with Crippen LogP contribution in [0, 0.1) is 23.0 Å². The number of benzene rings is 3. The fraction of sp³-hybridized carbons (Fsp3) is 0.188. The number of rotatable bonds is 9. The third-order valence-electron chi connectivity index (χ3n) is 7.23. The predicted molar refractivity (Wildman–Crippen MR) is 149 cm³/mol. The second-order valence-corrected chi connectivity index (χ2v) is 9.99. The number of fused-ring (bicyclic) bond motifs is 1. The van der Waals surface area contributed by atoms with Gasteiger partial charge in [-0.2, -0.15) is 5.26 Å². The number of nitrogens with zero attached hydrogens (tertiary/aromatic N) is 4. The highest BCUT2D eigenvalue weighted by atomic mass is 19.1. The number of pyridine rings is 1. The summed E-state index contributed by atoms with van der Waals surface area (Å²) in [6.07, 6.45) is 1.50. The molecule has 1 atom stereocenters. The Morgan fingerprint density at radius 1 is 1.05 bits per heavy atom. The Hall–Kier alpha value is -5.14. The highest BCUT2D eigenvalue weighted by molar-refractivity contribution is 5.92. The summed E-state index contributed by atoms with van der Waals surface area (Å²) < 4.78 is 41.8. The van der Waals surface area contributed by atoms with Gasteiger partial charge in [-0.1, -0.05) is 30.3 Å². The van der Waals surface area contributed by atoms with E-state index in [1.807, 2.05) is 34.9 Å². The Labute approximate surface area is 239 Å². The van der Waals surface area contributed by atoms with Gasteiger partial charge in [0, 0.05) is 24.2 Å². The molecule has 0 unspecified atom stereocenters. The van der Waals surface area contributed by atoms with E-state index >= 15 is 0 Å². The van der Waals surface area contributed by atoms with Crippen molar-refractivity contribution in [2.75, 3.05) is 6.61 Å². The number of aromatic nitrogens is 3. The molecule has 42 heavy (non-hydrogen) atoms. The number of halogens is 2. The monoisotopic (exact) mass is 566 g/mol. The molecule has 0 radical (unpaired) electrons. The van der Waals surface area contributed by atoms with Gasteiger partial charge in [-0.3, -0.25) is 0 Å². The second-order valence-electron chi connectivity index (χ2n) is 9.99. The molecule has 0 spiro atoms. The molecule has 5 aromatic rings. The number of hydrogen-bond donors (Lipinski definition) is 1. The van der Waals surface area contributed by atoms with Gasteiger partial charge in [0.25, 0.3) is 5.88 Å². The zero-order chi connectivity index (χ0) is 29.2. The number of aromatic carboxylic acids is 1. The first kappa shape index (κ1) is 27.1. The van der Waals surface area contributed by atoms with Crippen LogP contribution in [-0.4, -0.2) is 38.3 Å². The summed E-state index contributed by atoms with van der Waals surface area (Å²) in [4.78, 5) is 20.6. The maximum absolute atomic E-state index is 14.5. The molecular weight excluding hydrogens is 542 g/mol. The number of carboxylic acid groups (broad SMARTS) is 1. The Balaban J connectivity index is 1.21. The third kappa shape index (κ3) is 5.55. The van der Waals surface area contributed by atoms with Crippen molar-refractivity contribution in [3.63, 3.8) is 0 Å². The quantitative estimate of drug-likeness (QED) is 0.236. The molecule has 3 aromatic carbocycles. The van der Waals surface area contributed by atoms with E-state index < -0.39 is 17.6 Å². The summed E-state index contributed by atoms with van der Waals surface area (Å²) in [7, 11) is 0. The fourth-order valence-corrected chi connectivity index (χ4v) is 4.82. The highest BCUT2D eigenvalue weighted by Crippen LogP contribution is 2.27. The Kier molecular flexibility index (Phi) is 7.33. The lowest BCUT2D eigenvalue weighted by Crippen LogP contribution is -2.31. The molecule has 2 aromatic heterocycles. The van der Waals surface area contributed by atoms with Crippen molar-refractivity contribution < 1.29 is 28.2 Å². The van der Waals surface area contributed by atoms with E-state index in [1.54, 1.807) is 18.2 Å². The molecule has 6 rings (SSSR count). The maximum atomic E-state index is 14.5. The summed E-state index contributed by atoms with van der Waals surface area (Å²) >= 11 is 0. The van der Waals surface area contributed by atoms with Crippen molar-refractivity contribution in [2.45, 2.75) is 32.1 Å². The largest absolute Gasteiger partial charge is 0.478 e. The van der Waals surface area contributed by atoms with Gasteiger partial charge in [0.15, 0.2) is 5.82 Å². The first-order chi connectivity index (χ1) is 20.4. The van der Waals surface area contributed by atoms with Gasteiger partial charge in [0.2, 0.25) is 0 Å². The summed E-state index contributed by atoms with van der Waals surface area (Å²) in [5, 5.41) is 18.4. The van der Waals surface area contributed by atoms with Crippen molar-refractivity contribution in [3.05, 3.63) is 113 Å². The predicted octanol–water partition coefficient (Wildman–Crippen LogP) is 5.91. The van der Waals surface area contributed by atoms with Crippen LogP contribution in [0.2, 0.25) is 0 Å². The second kappa shape index (κ2) is 11.4. The average molecular weight is 567 g/mol. The molecule has 1 saturated heterocycles. The average Bonchev–Trinajstić information content (AvgIpc) is 3.31. The molecule has 1 N–H and O–H groups in total. The van der Waals surface area contributed by atoms with Crippen molar-refractivity contribution >= 4 is 17.0 Å². The first-order valence-corrected chi connectivity index (χ1v) is 13.3. The molecule has 8 nitrogen and oxygen atoms in total. The van der Waals surface area contributed by atoms with Crippen LogP contribution < -0.4 is 4.74 Å². The lowest BCUT2D eigenvalue weighted by molar-refractivity contribution is -0.0589. The number of nitriles is 1. The summed E-state index contributed by atoms with van der Waals surface area (Å²) in [6, 6.07) is 21.1. The third-order valence-corrected chi connectivity index (χ3v) is 7.23. The number of carbonyl (C=O) groups is 1. The Bertz CT molecular complexity index is 1840. The lowest BCUT2D eigenvalue weighted by Gasteiger charge is -2.27. The van der Waals surface area contributed by atoms with E-state index in [9.17, 15) is 18.7 Å². The van der Waals surface area contributed by atoms with Crippen molar-refractivity contribution in [2.24, 2.45) is 0 Å². The molecule has 1 aliphatic heterocycles. The first-order valence-electron chi connectivity index (χ1n) is 13.3. The smallest absolute Gasteiger partial charge is 0.335 e. The minimum atomic E-state index is -0.994. The van der Waals surface area contributed by atoms with E-state index in [1.165, 1.54) is 24.3 Å². The molecular formula is C32H24F2N4O4. The number of imidazole rings is 1. The molecule has 3 heterocycles. The van der Waals surface area contributed by atoms with Gasteiger partial charge in [0.1, 0.15) is 18.2 Å². The van der Waals surface area contributed by atoms with Crippen LogP contribution in [0.15, 0.2) is 72.8 Å². The molecule has 1 aliphatic rings. The molecule has 0 bridgehead atoms. The van der Waals surface area contributed by atoms with Crippen LogP contribution in [0.5, 0.6) is 5.88 Å². The van der Waals surface area contributed by atoms with Gasteiger partial charge in [-0.15, -0.1) is 0 Å². The van der Waals surface area contributed by atoms with Crippen molar-refractivity contribution in [1.82, 2.24) is 14.5 Å². The lowest BCUT2D eigenvalue weighted by atomic mass is 10.1. The highest BCUT2D eigenvalue weighted by Gasteiger charge is 2.22. The molecule has 1 fully saturated rings. The number of ether oxygens (including phenoxy) is 2. The molecule has 0 saturated carbocycles. The van der Waals surface area contributed by atoms with Gasteiger partial charge in [0.05, 0.1) is 46.6 Å². The van der Waals surface area contributed by atoms with Crippen LogP contribution in [0.3, 0.4) is 0 Å². The normalized spacial score (nSPS) is 14.4. The van der Waals surface area contributed by atoms with E-state index in [2.05, 4.69) is 4.98 Å². The van der Waals surface area contributed by atoms with Crippen LogP contribution in [0.4, 0.5) is 8.78 Å². The van der Waals surface area contributed by atoms with Gasteiger partial charge < -0.3 is 19.1 Å². The topological polar surface area (TPSA) is 110 Å². The van der Waals surface area contributed by atoms with Crippen LogP contribution in [0.1, 0.15) is 39.3 Å². The molecule has 210 valence electrons. The zero-order valence-corrected chi connectivity index (χ0v) is 22.3. The van der Waals surface area contributed by atoms with Gasteiger partial charge in [-0.05, 0) is 54.4 Å². The van der Waals surface area contributed by atoms with E-state index in [4.69, 9.17) is 19.7 Å². The summed E-state index contributed by atoms with van der Waals surface area (Å²) in [6.45, 7) is 1.05. The minimum Gasteiger partial charge on any atom is -0.478 e. The standard InChI is InChI=1S/C32H24F2N4O4/c33-25-8-10-27(37-31(25)42-18-23-6-3-20(16-35)13-26(23)34)21-4-1-19(2-5-21)14-30-36-28-9-7-22(32(39)40)15-29(28)38(30)17-24-11-12-41-24/h1-10,13,15,24H,11-12,14,17-18H2,(H,39,40)/t24-/m0/s1. The minimum absolute atomic E-state index is 0.0615. The summed E-state index contributed by atoms with van der Waals surface area (Å²) in [5.41, 5.74) is 4.21. The van der Waals surface area contributed by atoms with E-state index in [0.717, 1.165) is 40.5 Å². The van der Waals surface area contributed by atoms with E-state index in [-0.39, 0.29) is 35.3 Å². The molecule has 0 aliphatic carbocycles.